The van der Waals surface area contributed by atoms with E-state index in [-0.39, 0.29) is 11.7 Å². The van der Waals surface area contributed by atoms with Crippen LogP contribution in [0.25, 0.3) is 11.1 Å². The van der Waals surface area contributed by atoms with Crippen molar-refractivity contribution < 1.29 is 9.21 Å². The molecule has 118 valence electrons. The van der Waals surface area contributed by atoms with Gasteiger partial charge < -0.3 is 9.73 Å². The van der Waals surface area contributed by atoms with Crippen LogP contribution in [0, 0.1) is 13.8 Å². The van der Waals surface area contributed by atoms with E-state index < -0.39 is 5.76 Å². The minimum Gasteiger partial charge on any atom is -0.408 e. The van der Waals surface area contributed by atoms with Gasteiger partial charge in [0.15, 0.2) is 10.7 Å². The third-order valence-electron chi connectivity index (χ3n) is 3.00. The number of hydrogen-bond donors (Lipinski definition) is 2. The average molecular weight is 330 g/mol. The summed E-state index contributed by atoms with van der Waals surface area (Å²) in [6.45, 7) is 3.78. The van der Waals surface area contributed by atoms with Gasteiger partial charge >= 0.3 is 5.76 Å². The van der Waals surface area contributed by atoms with Crippen LogP contribution in [0.3, 0.4) is 0 Å². The number of H-pyrrole nitrogens is 1. The summed E-state index contributed by atoms with van der Waals surface area (Å²) in [7, 11) is 0. The number of aromatic amines is 1. The Balaban J connectivity index is 1.64. The van der Waals surface area contributed by atoms with Gasteiger partial charge in [-0.15, -0.1) is 0 Å². The monoisotopic (exact) mass is 330 g/mol. The molecule has 7 nitrogen and oxygen atoms in total. The summed E-state index contributed by atoms with van der Waals surface area (Å²) in [5.41, 5.74) is 3.31. The topological polar surface area (TPSA) is 101 Å². The molecule has 0 aliphatic rings. The molecule has 23 heavy (non-hydrogen) atoms. The second kappa shape index (κ2) is 6.25. The SMILES string of the molecule is Cc1cc(C)nc(SCC(=O)Nc2ccc3oc(=O)[nH]c3c2)n1. The van der Waals surface area contributed by atoms with Crippen molar-refractivity contribution in [3.8, 4) is 0 Å². The number of rotatable bonds is 4. The van der Waals surface area contributed by atoms with Gasteiger partial charge in [-0.3, -0.25) is 9.78 Å². The molecule has 0 aliphatic carbocycles. The molecule has 0 atom stereocenters. The minimum atomic E-state index is -0.522. The number of oxazole rings is 1. The number of carbonyl (C=O) groups excluding carboxylic acids is 1. The molecule has 8 heteroatoms. The number of aryl methyl sites for hydroxylation is 2. The molecule has 0 saturated carbocycles. The molecule has 2 heterocycles. The Morgan fingerprint density at radius 3 is 2.74 bits per heavy atom. The lowest BCUT2D eigenvalue weighted by molar-refractivity contribution is -0.113. The number of anilines is 1. The van der Waals surface area contributed by atoms with Crippen molar-refractivity contribution in [2.45, 2.75) is 19.0 Å². The quantitative estimate of drug-likeness (QED) is 0.562. The molecular weight excluding hydrogens is 316 g/mol. The normalized spacial score (nSPS) is 10.9. The number of thioether (sulfide) groups is 1. The Kier molecular flexibility index (Phi) is 4.16. The molecule has 3 aromatic rings. The van der Waals surface area contributed by atoms with Crippen molar-refractivity contribution in [2.24, 2.45) is 0 Å². The summed E-state index contributed by atoms with van der Waals surface area (Å²) in [6.07, 6.45) is 0. The second-order valence-corrected chi connectivity index (χ2v) is 5.94. The van der Waals surface area contributed by atoms with E-state index in [4.69, 9.17) is 4.42 Å². The third-order valence-corrected chi connectivity index (χ3v) is 3.84. The molecule has 0 spiro atoms. The number of nitrogens with one attached hydrogen (secondary N) is 2. The second-order valence-electron chi connectivity index (χ2n) is 5.00. The van der Waals surface area contributed by atoms with Crippen LogP contribution in [-0.2, 0) is 4.79 Å². The lowest BCUT2D eigenvalue weighted by atomic mass is 10.3. The number of hydrogen-bond acceptors (Lipinski definition) is 6. The highest BCUT2D eigenvalue weighted by Gasteiger charge is 2.08. The number of nitrogens with zero attached hydrogens (tertiary/aromatic N) is 2. The molecule has 0 unspecified atom stereocenters. The zero-order valence-electron chi connectivity index (χ0n) is 12.5. The predicted molar refractivity (Wildman–Crippen MR) is 87.7 cm³/mol. The van der Waals surface area contributed by atoms with Gasteiger partial charge in [0.2, 0.25) is 5.91 Å². The maximum Gasteiger partial charge on any atom is 0.417 e. The lowest BCUT2D eigenvalue weighted by Crippen LogP contribution is -2.14. The largest absolute Gasteiger partial charge is 0.417 e. The molecule has 0 aliphatic heterocycles. The standard InChI is InChI=1S/C15H14N4O3S/c1-8-5-9(2)17-14(16-8)23-7-13(20)18-10-3-4-12-11(6-10)19-15(21)22-12/h3-6H,7H2,1-2H3,(H,18,20)(H,19,21). The van der Waals surface area contributed by atoms with Crippen LogP contribution in [0.5, 0.6) is 0 Å². The number of aromatic nitrogens is 3. The minimum absolute atomic E-state index is 0.178. The van der Waals surface area contributed by atoms with E-state index >= 15 is 0 Å². The van der Waals surface area contributed by atoms with E-state index in [1.807, 2.05) is 19.9 Å². The summed E-state index contributed by atoms with van der Waals surface area (Å²) in [6, 6.07) is 6.83. The Labute approximate surface area is 135 Å². The van der Waals surface area contributed by atoms with Crippen LogP contribution in [0.4, 0.5) is 5.69 Å². The molecule has 0 fully saturated rings. The van der Waals surface area contributed by atoms with E-state index in [1.165, 1.54) is 11.8 Å². The van der Waals surface area contributed by atoms with Gasteiger partial charge in [-0.25, -0.2) is 14.8 Å². The van der Waals surface area contributed by atoms with E-state index in [9.17, 15) is 9.59 Å². The Morgan fingerprint density at radius 2 is 2.00 bits per heavy atom. The van der Waals surface area contributed by atoms with Crippen molar-refractivity contribution in [3.63, 3.8) is 0 Å². The maximum atomic E-state index is 12.0. The number of carbonyl (C=O) groups is 1. The molecule has 0 bridgehead atoms. The highest BCUT2D eigenvalue weighted by atomic mass is 32.2. The van der Waals surface area contributed by atoms with E-state index in [2.05, 4.69) is 20.3 Å². The summed E-state index contributed by atoms with van der Waals surface area (Å²) in [5.74, 6) is -0.503. The molecule has 3 rings (SSSR count). The van der Waals surface area contributed by atoms with Crippen molar-refractivity contribution in [1.82, 2.24) is 15.0 Å². The first-order valence-electron chi connectivity index (χ1n) is 6.87. The highest BCUT2D eigenvalue weighted by molar-refractivity contribution is 7.99. The molecule has 2 aromatic heterocycles. The van der Waals surface area contributed by atoms with Gasteiger partial charge in [0.1, 0.15) is 0 Å². The fourth-order valence-electron chi connectivity index (χ4n) is 2.12. The smallest absolute Gasteiger partial charge is 0.408 e. The summed E-state index contributed by atoms with van der Waals surface area (Å²) in [4.78, 5) is 34.2. The van der Waals surface area contributed by atoms with Crippen LogP contribution in [0.2, 0.25) is 0 Å². The summed E-state index contributed by atoms with van der Waals surface area (Å²) in [5, 5.41) is 3.34. The van der Waals surface area contributed by atoms with Crippen molar-refractivity contribution >= 4 is 34.5 Å². The predicted octanol–water partition coefficient (Wildman–Crippen LogP) is 2.26. The number of fused-ring (bicyclic) bond motifs is 1. The Hall–Kier alpha value is -2.61. The Morgan fingerprint density at radius 1 is 1.26 bits per heavy atom. The molecule has 0 saturated heterocycles. The number of amides is 1. The zero-order chi connectivity index (χ0) is 16.4. The van der Waals surface area contributed by atoms with E-state index in [0.717, 1.165) is 11.4 Å². The van der Waals surface area contributed by atoms with Gasteiger partial charge in [0.05, 0.1) is 11.3 Å². The van der Waals surface area contributed by atoms with Crippen LogP contribution >= 0.6 is 11.8 Å². The van der Waals surface area contributed by atoms with Crippen molar-refractivity contribution in [3.05, 3.63) is 46.2 Å². The maximum absolute atomic E-state index is 12.0. The molecule has 1 amide bonds. The summed E-state index contributed by atoms with van der Waals surface area (Å²) < 4.78 is 4.91. The number of benzene rings is 1. The molecule has 2 N–H and O–H groups in total. The third kappa shape index (κ3) is 3.78. The highest BCUT2D eigenvalue weighted by Crippen LogP contribution is 2.18. The van der Waals surface area contributed by atoms with Crippen LogP contribution < -0.4 is 11.1 Å². The lowest BCUT2D eigenvalue weighted by Gasteiger charge is -2.05. The van der Waals surface area contributed by atoms with Gasteiger partial charge in [0.25, 0.3) is 0 Å². The Bertz CT molecular complexity index is 912. The first kappa shape index (κ1) is 15.3. The van der Waals surface area contributed by atoms with E-state index in [1.54, 1.807) is 18.2 Å². The van der Waals surface area contributed by atoms with Gasteiger partial charge in [-0.2, -0.15) is 0 Å². The zero-order valence-corrected chi connectivity index (χ0v) is 13.4. The summed E-state index contributed by atoms with van der Waals surface area (Å²) >= 11 is 1.27. The van der Waals surface area contributed by atoms with Crippen LogP contribution in [0.15, 0.2) is 38.6 Å². The first-order valence-corrected chi connectivity index (χ1v) is 7.86. The van der Waals surface area contributed by atoms with Gasteiger partial charge in [0, 0.05) is 17.1 Å². The van der Waals surface area contributed by atoms with E-state index in [0.29, 0.717) is 21.9 Å². The average Bonchev–Trinajstić information content (AvgIpc) is 2.83. The molecule has 1 aromatic carbocycles. The van der Waals surface area contributed by atoms with Crippen LogP contribution in [0.1, 0.15) is 11.4 Å². The molecular formula is C15H14N4O3S. The first-order chi connectivity index (χ1) is 11.0. The fraction of sp³-hybridized carbons (Fsp3) is 0.200. The molecule has 0 radical (unpaired) electrons. The van der Waals surface area contributed by atoms with Gasteiger partial charge in [-0.1, -0.05) is 11.8 Å². The van der Waals surface area contributed by atoms with Crippen molar-refractivity contribution in [1.29, 1.82) is 0 Å². The fourth-order valence-corrected chi connectivity index (χ4v) is 2.86. The van der Waals surface area contributed by atoms with Crippen LogP contribution in [-0.4, -0.2) is 26.6 Å². The van der Waals surface area contributed by atoms with Crippen molar-refractivity contribution in [2.75, 3.05) is 11.1 Å². The van der Waals surface area contributed by atoms with Gasteiger partial charge in [-0.05, 0) is 38.1 Å².